The van der Waals surface area contributed by atoms with Gasteiger partial charge in [-0.2, -0.15) is 0 Å². The fourth-order valence-electron chi connectivity index (χ4n) is 2.84. The van der Waals surface area contributed by atoms with Crippen molar-refractivity contribution in [3.8, 4) is 0 Å². The summed E-state index contributed by atoms with van der Waals surface area (Å²) < 4.78 is 0. The Morgan fingerprint density at radius 2 is 1.76 bits per heavy atom. The van der Waals surface area contributed by atoms with E-state index in [2.05, 4.69) is 40.3 Å². The number of halogens is 2. The monoisotopic (exact) mass is 390 g/mol. The van der Waals surface area contributed by atoms with E-state index in [1.165, 1.54) is 5.56 Å². The molecule has 25 heavy (non-hydrogen) atoms. The number of anilines is 1. The predicted molar refractivity (Wildman–Crippen MR) is 110 cm³/mol. The summed E-state index contributed by atoms with van der Waals surface area (Å²) in [6.45, 7) is 12.4. The van der Waals surface area contributed by atoms with Crippen molar-refractivity contribution in [3.63, 3.8) is 0 Å². The molecule has 0 atom stereocenters. The average Bonchev–Trinajstić information content (AvgIpc) is 2.59. The van der Waals surface area contributed by atoms with E-state index in [0.717, 1.165) is 58.0 Å². The van der Waals surface area contributed by atoms with Crippen LogP contribution in [0.4, 0.5) is 5.69 Å². The first-order valence-electron chi connectivity index (χ1n) is 8.75. The molecule has 0 spiro atoms. The second kappa shape index (κ2) is 13.4. The standard InChI is InChI=1S/C18H30N4O.2ClH/c1-3-19-15-16-6-5-7-17(14-16)20-18(23)8-9-22-12-10-21(4-2)11-13-22;;/h5-7,14,19H,3-4,8-13,15H2,1-2H3,(H,20,23);2*1H. The summed E-state index contributed by atoms with van der Waals surface area (Å²) in [5, 5.41) is 6.31. The van der Waals surface area contributed by atoms with Gasteiger partial charge in [0.25, 0.3) is 0 Å². The number of carbonyl (C=O) groups excluding carboxylic acids is 1. The molecule has 144 valence electrons. The van der Waals surface area contributed by atoms with Crippen LogP contribution in [0.1, 0.15) is 25.8 Å². The van der Waals surface area contributed by atoms with Gasteiger partial charge in [0.2, 0.25) is 5.91 Å². The van der Waals surface area contributed by atoms with Crippen LogP contribution in [0.25, 0.3) is 0 Å². The minimum absolute atomic E-state index is 0. The van der Waals surface area contributed by atoms with E-state index >= 15 is 0 Å². The largest absolute Gasteiger partial charge is 0.326 e. The molecule has 0 aliphatic carbocycles. The van der Waals surface area contributed by atoms with E-state index in [1.807, 2.05) is 18.2 Å². The number of carbonyl (C=O) groups is 1. The van der Waals surface area contributed by atoms with Gasteiger partial charge in [0.1, 0.15) is 0 Å². The van der Waals surface area contributed by atoms with Gasteiger partial charge in [0.15, 0.2) is 0 Å². The molecule has 5 nitrogen and oxygen atoms in total. The van der Waals surface area contributed by atoms with E-state index < -0.39 is 0 Å². The lowest BCUT2D eigenvalue weighted by atomic mass is 10.2. The van der Waals surface area contributed by atoms with Crippen LogP contribution in [-0.2, 0) is 11.3 Å². The lowest BCUT2D eigenvalue weighted by Gasteiger charge is -2.33. The molecule has 1 saturated heterocycles. The molecule has 1 amide bonds. The van der Waals surface area contributed by atoms with Gasteiger partial charge >= 0.3 is 0 Å². The minimum atomic E-state index is 0. The van der Waals surface area contributed by atoms with Gasteiger partial charge in [-0.25, -0.2) is 0 Å². The molecule has 0 aromatic heterocycles. The number of hydrogen-bond donors (Lipinski definition) is 2. The van der Waals surface area contributed by atoms with Crippen molar-refractivity contribution in [2.45, 2.75) is 26.8 Å². The van der Waals surface area contributed by atoms with Crippen LogP contribution in [0, 0.1) is 0 Å². The van der Waals surface area contributed by atoms with Crippen molar-refractivity contribution < 1.29 is 4.79 Å². The smallest absolute Gasteiger partial charge is 0.225 e. The number of likely N-dealkylation sites (N-methyl/N-ethyl adjacent to an activating group) is 1. The lowest BCUT2D eigenvalue weighted by molar-refractivity contribution is -0.116. The van der Waals surface area contributed by atoms with Crippen molar-refractivity contribution >= 4 is 36.4 Å². The van der Waals surface area contributed by atoms with Crippen LogP contribution >= 0.6 is 24.8 Å². The first-order chi connectivity index (χ1) is 11.2. The zero-order valence-electron chi connectivity index (χ0n) is 15.3. The third kappa shape index (κ3) is 8.88. The summed E-state index contributed by atoms with van der Waals surface area (Å²) in [4.78, 5) is 17.0. The molecule has 0 unspecified atom stereocenters. The third-order valence-corrected chi connectivity index (χ3v) is 4.36. The van der Waals surface area contributed by atoms with Crippen molar-refractivity contribution in [1.82, 2.24) is 15.1 Å². The van der Waals surface area contributed by atoms with Gasteiger partial charge in [0.05, 0.1) is 0 Å². The van der Waals surface area contributed by atoms with Gasteiger partial charge in [-0.3, -0.25) is 4.79 Å². The Morgan fingerprint density at radius 1 is 1.08 bits per heavy atom. The number of nitrogens with one attached hydrogen (secondary N) is 2. The van der Waals surface area contributed by atoms with Gasteiger partial charge in [-0.15, -0.1) is 24.8 Å². The van der Waals surface area contributed by atoms with Crippen molar-refractivity contribution in [2.24, 2.45) is 0 Å². The molecular formula is C18H32Cl2N4O. The van der Waals surface area contributed by atoms with Crippen LogP contribution in [0.15, 0.2) is 24.3 Å². The zero-order valence-corrected chi connectivity index (χ0v) is 16.9. The second-order valence-corrected chi connectivity index (χ2v) is 6.05. The molecule has 0 bridgehead atoms. The van der Waals surface area contributed by atoms with E-state index in [4.69, 9.17) is 0 Å². The van der Waals surface area contributed by atoms with Gasteiger partial charge in [0, 0.05) is 51.4 Å². The van der Waals surface area contributed by atoms with E-state index in [-0.39, 0.29) is 30.7 Å². The number of piperazine rings is 1. The molecule has 1 heterocycles. The fraction of sp³-hybridized carbons (Fsp3) is 0.611. The highest BCUT2D eigenvalue weighted by Gasteiger charge is 2.16. The minimum Gasteiger partial charge on any atom is -0.326 e. The number of nitrogens with zero attached hydrogens (tertiary/aromatic N) is 2. The first-order valence-corrected chi connectivity index (χ1v) is 8.75. The summed E-state index contributed by atoms with van der Waals surface area (Å²) in [5.74, 6) is 0.100. The fourth-order valence-corrected chi connectivity index (χ4v) is 2.84. The number of hydrogen-bond acceptors (Lipinski definition) is 4. The molecule has 0 saturated carbocycles. The second-order valence-electron chi connectivity index (χ2n) is 6.05. The third-order valence-electron chi connectivity index (χ3n) is 4.36. The molecular weight excluding hydrogens is 359 g/mol. The normalized spacial score (nSPS) is 15.1. The number of benzene rings is 1. The molecule has 1 fully saturated rings. The van der Waals surface area contributed by atoms with Crippen LogP contribution in [-0.4, -0.2) is 61.5 Å². The number of rotatable bonds is 8. The van der Waals surface area contributed by atoms with Gasteiger partial charge in [-0.05, 0) is 30.8 Å². The summed E-state index contributed by atoms with van der Waals surface area (Å²) in [6, 6.07) is 8.06. The Hall–Kier alpha value is -0.850. The number of amides is 1. The van der Waals surface area contributed by atoms with Crippen LogP contribution in [0.2, 0.25) is 0 Å². The van der Waals surface area contributed by atoms with Gasteiger partial charge in [-0.1, -0.05) is 26.0 Å². The molecule has 1 aliphatic heterocycles. The molecule has 1 aromatic rings. The van der Waals surface area contributed by atoms with Crippen molar-refractivity contribution in [3.05, 3.63) is 29.8 Å². The maximum Gasteiger partial charge on any atom is 0.225 e. The Labute approximate surface area is 164 Å². The van der Waals surface area contributed by atoms with Crippen molar-refractivity contribution in [1.29, 1.82) is 0 Å². The highest BCUT2D eigenvalue weighted by atomic mass is 35.5. The van der Waals surface area contributed by atoms with E-state index in [0.29, 0.717) is 6.42 Å². The van der Waals surface area contributed by atoms with Crippen LogP contribution in [0.5, 0.6) is 0 Å². The zero-order chi connectivity index (χ0) is 16.5. The predicted octanol–water partition coefficient (Wildman–Crippen LogP) is 2.61. The summed E-state index contributed by atoms with van der Waals surface area (Å²) in [5.41, 5.74) is 2.08. The molecule has 2 rings (SSSR count). The maximum absolute atomic E-state index is 12.1. The summed E-state index contributed by atoms with van der Waals surface area (Å²) >= 11 is 0. The molecule has 1 aliphatic rings. The van der Waals surface area contributed by atoms with Crippen LogP contribution < -0.4 is 10.6 Å². The molecule has 1 aromatic carbocycles. The van der Waals surface area contributed by atoms with Gasteiger partial charge < -0.3 is 20.4 Å². The van der Waals surface area contributed by atoms with Crippen LogP contribution in [0.3, 0.4) is 0 Å². The highest BCUT2D eigenvalue weighted by molar-refractivity contribution is 5.90. The SMILES string of the molecule is CCNCc1cccc(NC(=O)CCN2CCN(CC)CC2)c1.Cl.Cl. The summed E-state index contributed by atoms with van der Waals surface area (Å²) in [6.07, 6.45) is 0.559. The Bertz CT molecular complexity index is 494. The summed E-state index contributed by atoms with van der Waals surface area (Å²) in [7, 11) is 0. The quantitative estimate of drug-likeness (QED) is 0.715. The maximum atomic E-state index is 12.1. The first kappa shape index (κ1) is 24.1. The Balaban J connectivity index is 0.00000288. The molecule has 7 heteroatoms. The Morgan fingerprint density at radius 3 is 2.40 bits per heavy atom. The lowest BCUT2D eigenvalue weighted by Crippen LogP contribution is -2.46. The topological polar surface area (TPSA) is 47.6 Å². The molecule has 2 N–H and O–H groups in total. The average molecular weight is 391 g/mol. The Kier molecular flexibility index (Phi) is 12.9. The van der Waals surface area contributed by atoms with Crippen molar-refractivity contribution in [2.75, 3.05) is 51.1 Å². The van der Waals surface area contributed by atoms with E-state index in [1.54, 1.807) is 0 Å². The van der Waals surface area contributed by atoms with E-state index in [9.17, 15) is 4.79 Å². The molecule has 0 radical (unpaired) electrons. The highest BCUT2D eigenvalue weighted by Crippen LogP contribution is 2.11.